The van der Waals surface area contributed by atoms with Gasteiger partial charge in [-0.05, 0) is 62.4 Å². The van der Waals surface area contributed by atoms with Gasteiger partial charge in [-0.1, -0.05) is 67.0 Å². The summed E-state index contributed by atoms with van der Waals surface area (Å²) < 4.78 is 18.1. The minimum Gasteiger partial charge on any atom is -0.399 e. The summed E-state index contributed by atoms with van der Waals surface area (Å²) in [4.78, 5) is 63.2. The minimum atomic E-state index is -0.750. The highest BCUT2D eigenvalue weighted by Crippen LogP contribution is 2.31. The third-order valence-corrected chi connectivity index (χ3v) is 11.6. The number of hydrogen-bond acceptors (Lipinski definition) is 9. The highest BCUT2D eigenvalue weighted by molar-refractivity contribution is 5.90. The van der Waals surface area contributed by atoms with E-state index in [1.165, 1.54) is 0 Å². The quantitative estimate of drug-likeness (QED) is 0.214. The van der Waals surface area contributed by atoms with Gasteiger partial charge in [0.15, 0.2) is 0 Å². The highest BCUT2D eigenvalue weighted by atomic mass is 16.5. The molecule has 54 heavy (non-hydrogen) atoms. The summed E-state index contributed by atoms with van der Waals surface area (Å²) in [5.74, 6) is -1.17. The molecule has 4 amide bonds. The lowest BCUT2D eigenvalue weighted by atomic mass is 9.89. The van der Waals surface area contributed by atoms with Gasteiger partial charge in [-0.25, -0.2) is 0 Å². The normalized spacial score (nSPS) is 21.8. The molecular formula is C41H70N6O7. The lowest BCUT2D eigenvalue weighted by molar-refractivity contribution is -0.152. The number of nitrogens with two attached hydrogens (primary N) is 1. The van der Waals surface area contributed by atoms with E-state index in [0.717, 1.165) is 18.4 Å². The first-order valence-corrected chi connectivity index (χ1v) is 19.8. The van der Waals surface area contributed by atoms with Crippen molar-refractivity contribution in [3.05, 3.63) is 29.8 Å². The van der Waals surface area contributed by atoms with E-state index in [2.05, 4.69) is 19.2 Å². The van der Waals surface area contributed by atoms with Gasteiger partial charge in [-0.3, -0.25) is 24.1 Å². The number of ether oxygens (including phenoxy) is 3. The molecular weight excluding hydrogens is 688 g/mol. The standard InChI is InChI=1S/C41H70N6O7/c1-13-27(6)37(45(10)41(51)35(25(2)3)43-39(49)36(26(4)5)44(8)9)32(52-11)23-34(48)47-19-15-18-31(47)38(53-12)28(7)40(50)46-20-21-54-33(24-46)29-16-14-17-30(42)22-29/h14,16-17,22,25-28,31-33,35-38H,13,15,18-21,23-24,42H2,1-12H3,(H,43,49)/t27-,28+,31-,32+,33+,35-,36-,37-,38+/m0/s1. The molecule has 0 saturated carbocycles. The summed E-state index contributed by atoms with van der Waals surface area (Å²) in [5, 5.41) is 3.05. The Balaban J connectivity index is 1.78. The Hall–Kier alpha value is -3.26. The van der Waals surface area contributed by atoms with Crippen molar-refractivity contribution < 1.29 is 33.4 Å². The van der Waals surface area contributed by atoms with Crippen molar-refractivity contribution in [1.29, 1.82) is 0 Å². The van der Waals surface area contributed by atoms with Gasteiger partial charge in [0.2, 0.25) is 23.6 Å². The predicted molar refractivity (Wildman–Crippen MR) is 211 cm³/mol. The fourth-order valence-corrected chi connectivity index (χ4v) is 8.50. The number of likely N-dealkylation sites (tertiary alicyclic amines) is 1. The Bertz CT molecular complexity index is 1380. The monoisotopic (exact) mass is 759 g/mol. The van der Waals surface area contributed by atoms with Gasteiger partial charge < -0.3 is 40.0 Å². The fourth-order valence-electron chi connectivity index (χ4n) is 8.50. The molecule has 3 rings (SSSR count). The molecule has 13 nitrogen and oxygen atoms in total. The van der Waals surface area contributed by atoms with Crippen molar-refractivity contribution in [2.75, 3.05) is 67.3 Å². The number of carbonyl (C=O) groups is 4. The minimum absolute atomic E-state index is 0.00572. The first kappa shape index (κ1) is 45.1. The number of nitrogens with zero attached hydrogens (tertiary/aromatic N) is 4. The second-order valence-electron chi connectivity index (χ2n) is 16.3. The van der Waals surface area contributed by atoms with Crippen molar-refractivity contribution in [2.45, 2.75) is 117 Å². The van der Waals surface area contributed by atoms with Gasteiger partial charge in [0.05, 0.1) is 55.8 Å². The highest BCUT2D eigenvalue weighted by Gasteiger charge is 2.44. The smallest absolute Gasteiger partial charge is 0.245 e. The molecule has 0 bridgehead atoms. The van der Waals surface area contributed by atoms with Crippen molar-refractivity contribution in [1.82, 2.24) is 24.9 Å². The Morgan fingerprint density at radius 1 is 1.00 bits per heavy atom. The number of anilines is 1. The first-order valence-electron chi connectivity index (χ1n) is 19.8. The van der Waals surface area contributed by atoms with Crippen LogP contribution in [0.1, 0.15) is 85.8 Å². The van der Waals surface area contributed by atoms with Crippen LogP contribution in [0, 0.1) is 23.7 Å². The van der Waals surface area contributed by atoms with E-state index in [1.807, 2.05) is 87.7 Å². The number of amides is 4. The molecule has 0 unspecified atom stereocenters. The van der Waals surface area contributed by atoms with Crippen molar-refractivity contribution in [2.24, 2.45) is 23.7 Å². The lowest BCUT2D eigenvalue weighted by Crippen LogP contribution is -2.59. The first-order chi connectivity index (χ1) is 25.5. The van der Waals surface area contributed by atoms with Crippen LogP contribution in [0.3, 0.4) is 0 Å². The third kappa shape index (κ3) is 10.9. The Morgan fingerprint density at radius 2 is 1.69 bits per heavy atom. The predicted octanol–water partition coefficient (Wildman–Crippen LogP) is 3.82. The Morgan fingerprint density at radius 3 is 2.24 bits per heavy atom. The number of morpholine rings is 1. The fraction of sp³-hybridized carbons (Fsp3) is 0.756. The van der Waals surface area contributed by atoms with Gasteiger partial charge in [0.1, 0.15) is 12.1 Å². The molecule has 2 heterocycles. The van der Waals surface area contributed by atoms with E-state index in [0.29, 0.717) is 38.3 Å². The number of rotatable bonds is 18. The zero-order chi connectivity index (χ0) is 40.4. The van der Waals surface area contributed by atoms with E-state index in [1.54, 1.807) is 26.2 Å². The van der Waals surface area contributed by atoms with Crippen molar-refractivity contribution in [3.63, 3.8) is 0 Å². The van der Waals surface area contributed by atoms with E-state index in [-0.39, 0.29) is 66.0 Å². The molecule has 0 aliphatic carbocycles. The second-order valence-corrected chi connectivity index (χ2v) is 16.3. The Kier molecular flexibility index (Phi) is 17.2. The molecule has 2 aliphatic rings. The van der Waals surface area contributed by atoms with Gasteiger partial charge in [0, 0.05) is 40.0 Å². The number of methoxy groups -OCH3 is 2. The van der Waals surface area contributed by atoms with Crippen LogP contribution < -0.4 is 11.1 Å². The van der Waals surface area contributed by atoms with Gasteiger partial charge in [-0.15, -0.1) is 0 Å². The largest absolute Gasteiger partial charge is 0.399 e. The number of hydrogen-bond donors (Lipinski definition) is 2. The zero-order valence-electron chi connectivity index (χ0n) is 35.0. The molecule has 1 aromatic rings. The lowest BCUT2D eigenvalue weighted by Gasteiger charge is -2.41. The number of nitrogen functional groups attached to an aromatic ring is 1. The van der Waals surface area contributed by atoms with Crippen molar-refractivity contribution in [3.8, 4) is 0 Å². The molecule has 0 aromatic heterocycles. The number of nitrogens with one attached hydrogen (secondary N) is 1. The second kappa shape index (κ2) is 20.6. The molecule has 9 atom stereocenters. The van der Waals surface area contributed by atoms with Gasteiger partial charge >= 0.3 is 0 Å². The third-order valence-electron chi connectivity index (χ3n) is 11.6. The van der Waals surface area contributed by atoms with Gasteiger partial charge in [0.25, 0.3) is 0 Å². The van der Waals surface area contributed by atoms with Crippen LogP contribution in [-0.4, -0.2) is 141 Å². The average molecular weight is 759 g/mol. The summed E-state index contributed by atoms with van der Waals surface area (Å²) in [6.07, 6.45) is 0.912. The summed E-state index contributed by atoms with van der Waals surface area (Å²) in [7, 11) is 8.66. The van der Waals surface area contributed by atoms with Crippen LogP contribution >= 0.6 is 0 Å². The number of benzene rings is 1. The van der Waals surface area contributed by atoms with E-state index in [4.69, 9.17) is 19.9 Å². The van der Waals surface area contributed by atoms with E-state index < -0.39 is 30.2 Å². The molecule has 2 aliphatic heterocycles. The number of carbonyl (C=O) groups excluding carboxylic acids is 4. The van der Waals surface area contributed by atoms with Crippen LogP contribution in [0.25, 0.3) is 0 Å². The SMILES string of the molecule is CC[C@H](C)[C@@H]([C@@H](CC(=O)N1CCC[C@H]1[C@H](OC)[C@@H](C)C(=O)N1CCO[C@@H](c2cccc(N)c2)C1)OC)N(C)C(=O)[C@@H](NC(=O)[C@H](C(C)C)N(C)C)C(C)C. The van der Waals surface area contributed by atoms with Crippen LogP contribution in [0.2, 0.25) is 0 Å². The van der Waals surface area contributed by atoms with Crippen LogP contribution in [0.15, 0.2) is 24.3 Å². The molecule has 0 spiro atoms. The van der Waals surface area contributed by atoms with Crippen LogP contribution in [0.4, 0.5) is 5.69 Å². The number of likely N-dealkylation sites (N-methyl/N-ethyl adjacent to an activating group) is 2. The average Bonchev–Trinajstić information content (AvgIpc) is 3.62. The molecule has 0 radical (unpaired) electrons. The molecule has 2 fully saturated rings. The summed E-state index contributed by atoms with van der Waals surface area (Å²) in [6.45, 7) is 15.7. The maximum atomic E-state index is 14.3. The maximum absolute atomic E-state index is 14.3. The van der Waals surface area contributed by atoms with E-state index in [9.17, 15) is 19.2 Å². The topological polar surface area (TPSA) is 147 Å². The summed E-state index contributed by atoms with van der Waals surface area (Å²) in [6, 6.07) is 5.68. The molecule has 3 N–H and O–H groups in total. The maximum Gasteiger partial charge on any atom is 0.245 e. The molecule has 1 aromatic carbocycles. The van der Waals surface area contributed by atoms with Crippen LogP contribution in [-0.2, 0) is 33.4 Å². The van der Waals surface area contributed by atoms with Crippen molar-refractivity contribution >= 4 is 29.3 Å². The molecule has 13 heteroatoms. The Labute approximate surface area is 324 Å². The zero-order valence-corrected chi connectivity index (χ0v) is 35.0. The van der Waals surface area contributed by atoms with Crippen LogP contribution in [0.5, 0.6) is 0 Å². The molecule has 2 saturated heterocycles. The van der Waals surface area contributed by atoms with Gasteiger partial charge in [-0.2, -0.15) is 0 Å². The summed E-state index contributed by atoms with van der Waals surface area (Å²) >= 11 is 0. The van der Waals surface area contributed by atoms with E-state index >= 15 is 0 Å². The molecule has 306 valence electrons. The summed E-state index contributed by atoms with van der Waals surface area (Å²) in [5.41, 5.74) is 7.59.